The van der Waals surface area contributed by atoms with Gasteiger partial charge in [-0.3, -0.25) is 10.2 Å². The van der Waals surface area contributed by atoms with E-state index in [1.807, 2.05) is 6.07 Å². The molecule has 0 saturated heterocycles. The fraction of sp³-hybridized carbons (Fsp3) is 0.214. The van der Waals surface area contributed by atoms with Gasteiger partial charge in [0.25, 0.3) is 5.91 Å². The molecular formula is C28H25F5N4O. The van der Waals surface area contributed by atoms with Crippen LogP contribution in [-0.2, 0) is 19.8 Å². The van der Waals surface area contributed by atoms with E-state index in [4.69, 9.17) is 5.41 Å². The van der Waals surface area contributed by atoms with Crippen molar-refractivity contribution in [2.24, 2.45) is 7.05 Å². The Labute approximate surface area is 215 Å². The van der Waals surface area contributed by atoms with Crippen molar-refractivity contribution in [2.75, 3.05) is 0 Å². The van der Waals surface area contributed by atoms with Crippen molar-refractivity contribution in [1.82, 2.24) is 14.5 Å². The standard InChI is InChI=1S/C28H25F5N4O/c1-16-10-22(29)5-6-23(16)20-11-18(15-37-9-8-36(3)27(37)34)12-21(13-20)26(38)35-17(2)19-4-7-25(30)24(14-19)28(31,32)33/h4-14,17,34H,15H2,1-3H3,(H,35,38)/t17-/m0/s1. The Morgan fingerprint density at radius 2 is 1.76 bits per heavy atom. The molecule has 0 spiro atoms. The number of rotatable bonds is 6. The zero-order valence-corrected chi connectivity index (χ0v) is 20.8. The predicted octanol–water partition coefficient (Wildman–Crippen LogP) is 6.12. The second-order valence-electron chi connectivity index (χ2n) is 9.17. The van der Waals surface area contributed by atoms with Crippen LogP contribution in [0.4, 0.5) is 22.0 Å². The Balaban J connectivity index is 1.70. The highest BCUT2D eigenvalue weighted by molar-refractivity contribution is 5.96. The Hall–Kier alpha value is -4.21. The van der Waals surface area contributed by atoms with E-state index in [1.54, 1.807) is 53.7 Å². The summed E-state index contributed by atoms with van der Waals surface area (Å²) in [6.45, 7) is 3.52. The van der Waals surface area contributed by atoms with E-state index >= 15 is 0 Å². The fourth-order valence-corrected chi connectivity index (χ4v) is 4.26. The molecule has 0 bridgehead atoms. The number of benzene rings is 3. The Bertz CT molecular complexity index is 1570. The normalized spacial score (nSPS) is 12.4. The van der Waals surface area contributed by atoms with Crippen LogP contribution < -0.4 is 10.9 Å². The van der Waals surface area contributed by atoms with Gasteiger partial charge in [-0.05, 0) is 84.1 Å². The van der Waals surface area contributed by atoms with Crippen LogP contribution >= 0.6 is 0 Å². The first-order valence-electron chi connectivity index (χ1n) is 11.7. The van der Waals surface area contributed by atoms with Gasteiger partial charge in [0.2, 0.25) is 5.62 Å². The third-order valence-corrected chi connectivity index (χ3v) is 6.33. The average molecular weight is 529 g/mol. The Morgan fingerprint density at radius 1 is 1.03 bits per heavy atom. The zero-order chi connectivity index (χ0) is 27.8. The molecule has 0 aliphatic carbocycles. The van der Waals surface area contributed by atoms with Crippen LogP contribution in [0, 0.1) is 24.0 Å². The molecule has 4 rings (SSSR count). The minimum Gasteiger partial charge on any atom is -0.346 e. The maximum atomic E-state index is 13.7. The number of alkyl halides is 3. The SMILES string of the molecule is Cc1cc(F)ccc1-c1cc(Cn2ccn(C)c2=N)cc(C(=O)N[C@@H](C)c2ccc(F)c(C(F)(F)F)c2)c1. The van der Waals surface area contributed by atoms with Gasteiger partial charge in [0.15, 0.2) is 0 Å². The molecule has 0 unspecified atom stereocenters. The van der Waals surface area contributed by atoms with Gasteiger partial charge in [-0.2, -0.15) is 13.2 Å². The van der Waals surface area contributed by atoms with Gasteiger partial charge in [0.1, 0.15) is 11.6 Å². The topological polar surface area (TPSA) is 62.8 Å². The first-order chi connectivity index (χ1) is 17.8. The van der Waals surface area contributed by atoms with E-state index < -0.39 is 35.3 Å². The van der Waals surface area contributed by atoms with Gasteiger partial charge < -0.3 is 14.5 Å². The van der Waals surface area contributed by atoms with Gasteiger partial charge in [-0.1, -0.05) is 12.1 Å². The lowest BCUT2D eigenvalue weighted by molar-refractivity contribution is -0.140. The lowest BCUT2D eigenvalue weighted by Crippen LogP contribution is -2.27. The number of halogens is 5. The smallest absolute Gasteiger partial charge is 0.346 e. The minimum atomic E-state index is -4.87. The van der Waals surface area contributed by atoms with Gasteiger partial charge >= 0.3 is 6.18 Å². The lowest BCUT2D eigenvalue weighted by atomic mass is 9.95. The molecule has 10 heteroatoms. The molecule has 3 aromatic carbocycles. The quantitative estimate of drug-likeness (QED) is 0.291. The van der Waals surface area contributed by atoms with Crippen molar-refractivity contribution in [3.05, 3.63) is 112 Å². The summed E-state index contributed by atoms with van der Waals surface area (Å²) >= 11 is 0. The molecule has 38 heavy (non-hydrogen) atoms. The van der Waals surface area contributed by atoms with Crippen molar-refractivity contribution >= 4 is 5.91 Å². The summed E-state index contributed by atoms with van der Waals surface area (Å²) in [5.74, 6) is -2.34. The molecule has 0 radical (unpaired) electrons. The van der Waals surface area contributed by atoms with Crippen molar-refractivity contribution < 1.29 is 26.7 Å². The Morgan fingerprint density at radius 3 is 2.39 bits per heavy atom. The summed E-state index contributed by atoms with van der Waals surface area (Å²) in [7, 11) is 1.73. The van der Waals surface area contributed by atoms with E-state index in [0.29, 0.717) is 28.3 Å². The number of hydrogen-bond acceptors (Lipinski definition) is 2. The number of hydrogen-bond donors (Lipinski definition) is 2. The van der Waals surface area contributed by atoms with Crippen LogP contribution in [0.5, 0.6) is 0 Å². The number of aromatic nitrogens is 2. The molecule has 4 aromatic rings. The van der Waals surface area contributed by atoms with Crippen LogP contribution in [0.25, 0.3) is 11.1 Å². The fourth-order valence-electron chi connectivity index (χ4n) is 4.26. The molecule has 1 amide bonds. The summed E-state index contributed by atoms with van der Waals surface area (Å²) in [6, 6.07) is 11.2. The van der Waals surface area contributed by atoms with Crippen LogP contribution in [0.1, 0.15) is 45.6 Å². The molecule has 198 valence electrons. The molecule has 0 saturated carbocycles. The van der Waals surface area contributed by atoms with E-state index in [2.05, 4.69) is 5.32 Å². The van der Waals surface area contributed by atoms with Gasteiger partial charge in [0, 0.05) is 25.0 Å². The van der Waals surface area contributed by atoms with Crippen molar-refractivity contribution in [1.29, 1.82) is 5.41 Å². The van der Waals surface area contributed by atoms with Gasteiger partial charge in [0.05, 0.1) is 18.2 Å². The third kappa shape index (κ3) is 5.69. The first-order valence-corrected chi connectivity index (χ1v) is 11.7. The second-order valence-corrected chi connectivity index (χ2v) is 9.17. The zero-order valence-electron chi connectivity index (χ0n) is 20.8. The maximum absolute atomic E-state index is 13.7. The molecule has 2 N–H and O–H groups in total. The largest absolute Gasteiger partial charge is 0.419 e. The van der Waals surface area contributed by atoms with Crippen LogP contribution in [0.3, 0.4) is 0 Å². The number of carbonyl (C=O) groups is 1. The summed E-state index contributed by atoms with van der Waals surface area (Å²) in [6.07, 6.45) is -1.41. The molecule has 5 nitrogen and oxygen atoms in total. The Kier molecular flexibility index (Phi) is 7.26. The molecule has 0 aliphatic heterocycles. The number of carbonyl (C=O) groups excluding carboxylic acids is 1. The summed E-state index contributed by atoms with van der Waals surface area (Å²) in [4.78, 5) is 13.3. The van der Waals surface area contributed by atoms with Crippen molar-refractivity contribution in [3.8, 4) is 11.1 Å². The van der Waals surface area contributed by atoms with Crippen molar-refractivity contribution in [2.45, 2.75) is 32.6 Å². The van der Waals surface area contributed by atoms with E-state index in [-0.39, 0.29) is 23.3 Å². The average Bonchev–Trinajstić information content (AvgIpc) is 3.15. The van der Waals surface area contributed by atoms with E-state index in [1.165, 1.54) is 25.1 Å². The summed E-state index contributed by atoms with van der Waals surface area (Å²) in [5.41, 5.74) is 1.85. The van der Waals surface area contributed by atoms with Gasteiger partial charge in [-0.15, -0.1) is 0 Å². The van der Waals surface area contributed by atoms with Crippen LogP contribution in [0.2, 0.25) is 0 Å². The van der Waals surface area contributed by atoms with Gasteiger partial charge in [-0.25, -0.2) is 8.78 Å². The number of aryl methyl sites for hydroxylation is 2. The first kappa shape index (κ1) is 26.8. The third-order valence-electron chi connectivity index (χ3n) is 6.33. The highest BCUT2D eigenvalue weighted by Crippen LogP contribution is 2.33. The highest BCUT2D eigenvalue weighted by Gasteiger charge is 2.34. The van der Waals surface area contributed by atoms with Crippen LogP contribution in [0.15, 0.2) is 67.0 Å². The molecule has 0 fully saturated rings. The van der Waals surface area contributed by atoms with E-state index in [9.17, 15) is 26.7 Å². The predicted molar refractivity (Wildman–Crippen MR) is 132 cm³/mol. The molecule has 1 atom stereocenters. The van der Waals surface area contributed by atoms with E-state index in [0.717, 1.165) is 6.07 Å². The highest BCUT2D eigenvalue weighted by atomic mass is 19.4. The van der Waals surface area contributed by atoms with Crippen molar-refractivity contribution in [3.63, 3.8) is 0 Å². The molecular weight excluding hydrogens is 503 g/mol. The number of nitrogens with zero attached hydrogens (tertiary/aromatic N) is 2. The van der Waals surface area contributed by atoms with Crippen LogP contribution in [-0.4, -0.2) is 15.0 Å². The number of imidazole rings is 1. The molecule has 1 heterocycles. The summed E-state index contributed by atoms with van der Waals surface area (Å²) in [5, 5.41) is 10.9. The monoisotopic (exact) mass is 528 g/mol. The second kappa shape index (κ2) is 10.3. The minimum absolute atomic E-state index is 0.0940. The molecule has 0 aliphatic rings. The maximum Gasteiger partial charge on any atom is 0.419 e. The molecule has 1 aromatic heterocycles. The number of amides is 1. The summed E-state index contributed by atoms with van der Waals surface area (Å²) < 4.78 is 70.3. The number of nitrogens with one attached hydrogen (secondary N) is 2. The lowest BCUT2D eigenvalue weighted by Gasteiger charge is -2.18.